The largest absolute Gasteiger partial charge is 0.389 e. The average Bonchev–Trinajstić information content (AvgIpc) is 3.17. The van der Waals surface area contributed by atoms with Crippen LogP contribution in [0.5, 0.6) is 0 Å². The van der Waals surface area contributed by atoms with E-state index in [1.807, 2.05) is 49.5 Å². The van der Waals surface area contributed by atoms with Crippen molar-refractivity contribution >= 4 is 16.8 Å². The summed E-state index contributed by atoms with van der Waals surface area (Å²) < 4.78 is 0. The first-order valence-electron chi connectivity index (χ1n) is 9.90. The molecule has 5 heteroatoms. The number of nitriles is 1. The van der Waals surface area contributed by atoms with Crippen molar-refractivity contribution in [1.29, 1.82) is 5.26 Å². The van der Waals surface area contributed by atoms with Crippen LogP contribution < -0.4 is 10.6 Å². The van der Waals surface area contributed by atoms with E-state index in [-0.39, 0.29) is 17.5 Å². The molecule has 0 aliphatic rings. The highest BCUT2D eigenvalue weighted by Gasteiger charge is 2.13. The molecule has 0 radical (unpaired) electrons. The van der Waals surface area contributed by atoms with Gasteiger partial charge in [0.25, 0.3) is 5.91 Å². The number of fused-ring (bicyclic) bond motifs is 1. The molecule has 0 saturated carbocycles. The Morgan fingerprint density at radius 1 is 1.21 bits per heavy atom. The van der Waals surface area contributed by atoms with Gasteiger partial charge in [-0.25, -0.2) is 0 Å². The number of hydrogen-bond donors (Lipinski definition) is 3. The highest BCUT2D eigenvalue weighted by Crippen LogP contribution is 2.18. The summed E-state index contributed by atoms with van der Waals surface area (Å²) in [5, 5.41) is 16.5. The molecule has 1 aromatic heterocycles. The fraction of sp³-hybridized carbons (Fsp3) is 0.250. The molecule has 0 fully saturated rings. The first kappa shape index (κ1) is 20.2. The quantitative estimate of drug-likeness (QED) is 0.309. The lowest BCUT2D eigenvalue weighted by molar-refractivity contribution is -0.117. The number of carbonyl (C=O) groups is 1. The topological polar surface area (TPSA) is 80.7 Å². The predicted octanol–water partition coefficient (Wildman–Crippen LogP) is 4.15. The maximum Gasteiger partial charge on any atom is 0.263 e. The molecule has 1 heterocycles. The Balaban J connectivity index is 1.54. The molecule has 1 atom stereocenters. The van der Waals surface area contributed by atoms with E-state index < -0.39 is 0 Å². The second-order valence-electron chi connectivity index (χ2n) is 7.02. The van der Waals surface area contributed by atoms with Crippen LogP contribution in [0.15, 0.2) is 66.5 Å². The van der Waals surface area contributed by atoms with Crippen LogP contribution in [0, 0.1) is 11.3 Å². The van der Waals surface area contributed by atoms with Gasteiger partial charge in [-0.05, 0) is 42.5 Å². The van der Waals surface area contributed by atoms with Crippen molar-refractivity contribution < 1.29 is 4.79 Å². The van der Waals surface area contributed by atoms with Gasteiger partial charge in [0, 0.05) is 29.8 Å². The summed E-state index contributed by atoms with van der Waals surface area (Å²) in [6.07, 6.45) is 5.27. The molecule has 3 aromatic rings. The maximum absolute atomic E-state index is 12.4. The molecular weight excluding hydrogens is 360 g/mol. The molecule has 3 rings (SSSR count). The number of rotatable bonds is 8. The van der Waals surface area contributed by atoms with Gasteiger partial charge >= 0.3 is 0 Å². The number of benzene rings is 2. The Morgan fingerprint density at radius 2 is 1.97 bits per heavy atom. The lowest BCUT2D eigenvalue weighted by Gasteiger charge is -2.14. The van der Waals surface area contributed by atoms with Crippen LogP contribution in [-0.2, 0) is 17.6 Å². The molecule has 0 aliphatic heterocycles. The van der Waals surface area contributed by atoms with Gasteiger partial charge in [-0.2, -0.15) is 5.26 Å². The van der Waals surface area contributed by atoms with Crippen molar-refractivity contribution in [3.63, 3.8) is 0 Å². The number of carbonyl (C=O) groups excluding carboxylic acids is 1. The monoisotopic (exact) mass is 386 g/mol. The third kappa shape index (κ3) is 5.05. The highest BCUT2D eigenvalue weighted by molar-refractivity contribution is 5.97. The normalized spacial score (nSPS) is 12.4. The smallest absolute Gasteiger partial charge is 0.263 e. The maximum atomic E-state index is 12.4. The number of H-pyrrole nitrogens is 1. The van der Waals surface area contributed by atoms with Gasteiger partial charge in [-0.15, -0.1) is 0 Å². The summed E-state index contributed by atoms with van der Waals surface area (Å²) in [5.41, 5.74) is 4.65. The van der Waals surface area contributed by atoms with Gasteiger partial charge in [-0.1, -0.05) is 49.4 Å². The number of aromatic nitrogens is 1. The van der Waals surface area contributed by atoms with Crippen LogP contribution in [0.1, 0.15) is 36.6 Å². The molecule has 148 valence electrons. The van der Waals surface area contributed by atoms with E-state index in [0.717, 1.165) is 23.9 Å². The number of amides is 1. The minimum absolute atomic E-state index is 0.0703. The van der Waals surface area contributed by atoms with Crippen molar-refractivity contribution in [2.75, 3.05) is 6.54 Å². The number of aryl methyl sites for hydroxylation is 1. The molecular formula is C24H26N4O. The van der Waals surface area contributed by atoms with Crippen LogP contribution in [-0.4, -0.2) is 17.4 Å². The number of nitrogens with one attached hydrogen (secondary N) is 3. The van der Waals surface area contributed by atoms with E-state index in [1.165, 1.54) is 22.7 Å². The molecule has 3 N–H and O–H groups in total. The van der Waals surface area contributed by atoms with Crippen LogP contribution in [0.25, 0.3) is 10.9 Å². The Hall–Kier alpha value is -3.52. The van der Waals surface area contributed by atoms with Crippen molar-refractivity contribution in [2.24, 2.45) is 0 Å². The molecule has 5 nitrogen and oxygen atoms in total. The molecule has 0 bridgehead atoms. The van der Waals surface area contributed by atoms with Crippen molar-refractivity contribution in [1.82, 2.24) is 15.6 Å². The van der Waals surface area contributed by atoms with E-state index in [4.69, 9.17) is 0 Å². The van der Waals surface area contributed by atoms with Gasteiger partial charge in [0.1, 0.15) is 11.6 Å². The molecule has 0 aliphatic carbocycles. The van der Waals surface area contributed by atoms with E-state index in [1.54, 1.807) is 0 Å². The van der Waals surface area contributed by atoms with E-state index in [2.05, 4.69) is 40.7 Å². The lowest BCUT2D eigenvalue weighted by Crippen LogP contribution is -2.28. The van der Waals surface area contributed by atoms with Gasteiger partial charge in [0.2, 0.25) is 0 Å². The standard InChI is InChI=1S/C24H26N4O/c1-3-18-8-10-19(11-9-18)17(2)28-24(29)21(14-25)15-26-13-12-20-16-27-23-7-5-4-6-22(20)23/h4-11,15-17,26-27H,3,12-13H2,1-2H3,(H,28,29)/b21-15-. The third-order valence-corrected chi connectivity index (χ3v) is 5.06. The number of para-hydroxylation sites is 1. The van der Waals surface area contributed by atoms with Crippen LogP contribution in [0.4, 0.5) is 0 Å². The summed E-state index contributed by atoms with van der Waals surface area (Å²) in [6.45, 7) is 4.66. The van der Waals surface area contributed by atoms with Gasteiger partial charge in [-0.3, -0.25) is 4.79 Å². The molecule has 1 unspecified atom stereocenters. The minimum Gasteiger partial charge on any atom is -0.389 e. The molecule has 0 saturated heterocycles. The number of nitrogens with zero attached hydrogens (tertiary/aromatic N) is 1. The fourth-order valence-electron chi connectivity index (χ4n) is 3.27. The van der Waals surface area contributed by atoms with E-state index in [0.29, 0.717) is 6.54 Å². The first-order chi connectivity index (χ1) is 14.1. The Labute approximate surface area is 171 Å². The predicted molar refractivity (Wildman–Crippen MR) is 116 cm³/mol. The summed E-state index contributed by atoms with van der Waals surface area (Å²) in [4.78, 5) is 15.7. The summed E-state index contributed by atoms with van der Waals surface area (Å²) >= 11 is 0. The second-order valence-corrected chi connectivity index (χ2v) is 7.02. The third-order valence-electron chi connectivity index (χ3n) is 5.06. The Kier molecular flexibility index (Phi) is 6.70. The zero-order valence-electron chi connectivity index (χ0n) is 16.8. The van der Waals surface area contributed by atoms with Crippen molar-refractivity contribution in [2.45, 2.75) is 32.7 Å². The van der Waals surface area contributed by atoms with Gasteiger partial charge in [0.05, 0.1) is 6.04 Å². The highest BCUT2D eigenvalue weighted by atomic mass is 16.1. The summed E-state index contributed by atoms with van der Waals surface area (Å²) in [6, 6.07) is 18.1. The van der Waals surface area contributed by atoms with E-state index >= 15 is 0 Å². The summed E-state index contributed by atoms with van der Waals surface area (Å²) in [5.74, 6) is -0.376. The van der Waals surface area contributed by atoms with Crippen molar-refractivity contribution in [3.05, 3.63) is 83.2 Å². The van der Waals surface area contributed by atoms with Gasteiger partial charge in [0.15, 0.2) is 0 Å². The van der Waals surface area contributed by atoms with Gasteiger partial charge < -0.3 is 15.6 Å². The Bertz CT molecular complexity index is 1040. The van der Waals surface area contributed by atoms with Crippen LogP contribution in [0.3, 0.4) is 0 Å². The zero-order valence-corrected chi connectivity index (χ0v) is 16.8. The summed E-state index contributed by atoms with van der Waals surface area (Å²) in [7, 11) is 0. The Morgan fingerprint density at radius 3 is 2.69 bits per heavy atom. The van der Waals surface area contributed by atoms with Crippen molar-refractivity contribution in [3.8, 4) is 6.07 Å². The first-order valence-corrected chi connectivity index (χ1v) is 9.90. The lowest BCUT2D eigenvalue weighted by atomic mass is 10.0. The molecule has 2 aromatic carbocycles. The van der Waals surface area contributed by atoms with E-state index in [9.17, 15) is 10.1 Å². The zero-order chi connectivity index (χ0) is 20.6. The van der Waals surface area contributed by atoms with Crippen LogP contribution in [0.2, 0.25) is 0 Å². The number of hydrogen-bond acceptors (Lipinski definition) is 3. The average molecular weight is 386 g/mol. The second kappa shape index (κ2) is 9.61. The molecule has 0 spiro atoms. The molecule has 29 heavy (non-hydrogen) atoms. The minimum atomic E-state index is -0.376. The van der Waals surface area contributed by atoms with Crippen LogP contribution >= 0.6 is 0 Å². The fourth-order valence-corrected chi connectivity index (χ4v) is 3.27. The molecule has 1 amide bonds. The SMILES string of the molecule is CCc1ccc(C(C)NC(=O)/C(C#N)=C\NCCc2c[nH]c3ccccc23)cc1. The number of aromatic amines is 1.